The number of allylic oxidation sites excluding steroid dienone is 1. The lowest BCUT2D eigenvalue weighted by molar-refractivity contribution is -0.114. The molecule has 0 saturated carbocycles. The Morgan fingerprint density at radius 3 is 2.70 bits per heavy atom. The smallest absolute Gasteiger partial charge is 0.295 e. The molecule has 0 unspecified atom stereocenters. The van der Waals surface area contributed by atoms with Crippen molar-refractivity contribution >= 4 is 17.5 Å². The van der Waals surface area contributed by atoms with Crippen LogP contribution in [-0.2, 0) is 4.79 Å². The third kappa shape index (κ3) is 6.51. The number of thioether (sulfide) groups is 1. The zero-order chi connectivity index (χ0) is 14.8. The molecule has 0 spiro atoms. The van der Waals surface area contributed by atoms with Crippen molar-refractivity contribution in [3.63, 3.8) is 0 Å². The summed E-state index contributed by atoms with van der Waals surface area (Å²) >= 11 is 1.01. The summed E-state index contributed by atoms with van der Waals surface area (Å²) < 4.78 is 0. The van der Waals surface area contributed by atoms with Gasteiger partial charge in [0.25, 0.3) is 5.56 Å². The van der Waals surface area contributed by atoms with Gasteiger partial charge in [0.05, 0.1) is 0 Å². The van der Waals surface area contributed by atoms with Crippen LogP contribution in [0.3, 0.4) is 0 Å². The highest BCUT2D eigenvalue weighted by molar-refractivity contribution is 8.02. The number of aromatic nitrogens is 3. The monoisotopic (exact) mass is 297 g/mol. The van der Waals surface area contributed by atoms with E-state index in [2.05, 4.69) is 22.1 Å². The molecular weight excluding hydrogens is 278 g/mol. The van der Waals surface area contributed by atoms with Crippen molar-refractivity contribution < 1.29 is 4.79 Å². The third-order valence-corrected chi connectivity index (χ3v) is 3.41. The quantitative estimate of drug-likeness (QED) is 0.413. The zero-order valence-corrected chi connectivity index (χ0v) is 12.3. The van der Waals surface area contributed by atoms with Crippen molar-refractivity contribution in [1.82, 2.24) is 15.2 Å². The Kier molecular flexibility index (Phi) is 7.64. The molecule has 20 heavy (non-hydrogen) atoms. The number of hydrogen-bond acceptors (Lipinski definition) is 5. The van der Waals surface area contributed by atoms with Crippen LogP contribution in [-0.4, -0.2) is 21.0 Å². The Balaban J connectivity index is 2.31. The summed E-state index contributed by atoms with van der Waals surface area (Å²) in [6, 6.07) is 0. The number of hydrogen-bond donors (Lipinski definition) is 2. The molecule has 6 nitrogen and oxygen atoms in total. The van der Waals surface area contributed by atoms with E-state index in [4.69, 9.17) is 0 Å². The molecule has 0 aromatic carbocycles. The second-order valence-electron chi connectivity index (χ2n) is 4.36. The number of carbonyl (C=O) groups is 1. The molecule has 1 aromatic rings. The summed E-state index contributed by atoms with van der Waals surface area (Å²) in [6.07, 6.45) is 7.49. The summed E-state index contributed by atoms with van der Waals surface area (Å²) in [5.74, 6) is 0.0369. The molecule has 2 N–H and O–H groups in total. The molecule has 0 aliphatic rings. The van der Waals surface area contributed by atoms with Gasteiger partial charge in [0.15, 0.2) is 10.8 Å². The summed E-state index contributed by atoms with van der Waals surface area (Å²) in [4.78, 5) is 35.7. The lowest BCUT2D eigenvalue weighted by atomic mass is 10.1. The van der Waals surface area contributed by atoms with Crippen molar-refractivity contribution in [1.29, 1.82) is 0 Å². The Morgan fingerprint density at radius 1 is 1.25 bits per heavy atom. The first-order valence-electron chi connectivity index (χ1n) is 6.68. The zero-order valence-electron chi connectivity index (χ0n) is 11.5. The van der Waals surface area contributed by atoms with Gasteiger partial charge < -0.3 is 0 Å². The molecule has 1 heterocycles. The molecule has 1 aromatic heterocycles. The van der Waals surface area contributed by atoms with Gasteiger partial charge in [-0.2, -0.15) is 5.10 Å². The largest absolute Gasteiger partial charge is 0.342 e. The van der Waals surface area contributed by atoms with Crippen LogP contribution in [0.2, 0.25) is 0 Å². The SMILES string of the molecule is CCCCCCCC(=O)/C=C\Sc1n[nH]c(=O)[nH]c1=O. The second-order valence-corrected chi connectivity index (χ2v) is 5.26. The number of nitrogens with zero attached hydrogens (tertiary/aromatic N) is 1. The molecule has 0 atom stereocenters. The highest BCUT2D eigenvalue weighted by atomic mass is 32.2. The van der Waals surface area contributed by atoms with E-state index in [1.807, 2.05) is 0 Å². The van der Waals surface area contributed by atoms with Crippen LogP contribution in [0.15, 0.2) is 26.1 Å². The van der Waals surface area contributed by atoms with E-state index in [-0.39, 0.29) is 10.8 Å². The number of aromatic amines is 2. The van der Waals surface area contributed by atoms with Crippen LogP contribution in [0.1, 0.15) is 45.4 Å². The van der Waals surface area contributed by atoms with Gasteiger partial charge in [-0.05, 0) is 17.9 Å². The van der Waals surface area contributed by atoms with Crippen molar-refractivity contribution in [2.75, 3.05) is 0 Å². The van der Waals surface area contributed by atoms with Crippen molar-refractivity contribution in [3.05, 3.63) is 32.3 Å². The lowest BCUT2D eigenvalue weighted by Gasteiger charge is -1.97. The van der Waals surface area contributed by atoms with Crippen LogP contribution < -0.4 is 11.2 Å². The molecule has 0 aliphatic carbocycles. The van der Waals surface area contributed by atoms with Gasteiger partial charge in [-0.25, -0.2) is 9.89 Å². The van der Waals surface area contributed by atoms with Crippen LogP contribution >= 0.6 is 11.8 Å². The molecule has 1 rings (SSSR count). The standard InChI is InChI=1S/C13H19N3O3S/c1-2-3-4-5-6-7-10(17)8-9-20-12-11(18)14-13(19)16-15-12/h8-9H,2-7H2,1H3,(H2,14,16,18,19)/b9-8-. The average molecular weight is 297 g/mol. The maximum atomic E-state index is 11.5. The topological polar surface area (TPSA) is 95.7 Å². The summed E-state index contributed by atoms with van der Waals surface area (Å²) in [6.45, 7) is 2.15. The molecule has 110 valence electrons. The fraction of sp³-hybridized carbons (Fsp3) is 0.538. The van der Waals surface area contributed by atoms with Crippen molar-refractivity contribution in [2.24, 2.45) is 0 Å². The van der Waals surface area contributed by atoms with Crippen LogP contribution in [0.4, 0.5) is 0 Å². The van der Waals surface area contributed by atoms with E-state index >= 15 is 0 Å². The fourth-order valence-corrected chi connectivity index (χ4v) is 2.18. The number of nitrogens with one attached hydrogen (secondary N) is 2. The van der Waals surface area contributed by atoms with E-state index in [0.717, 1.165) is 24.6 Å². The van der Waals surface area contributed by atoms with E-state index in [9.17, 15) is 14.4 Å². The first-order chi connectivity index (χ1) is 9.63. The molecule has 0 fully saturated rings. The molecule has 0 radical (unpaired) electrons. The number of unbranched alkanes of at least 4 members (excludes halogenated alkanes) is 4. The number of carbonyl (C=O) groups excluding carboxylic acids is 1. The van der Waals surface area contributed by atoms with Gasteiger partial charge in [0, 0.05) is 6.42 Å². The number of ketones is 1. The minimum absolute atomic E-state index is 0.0369. The molecule has 0 bridgehead atoms. The van der Waals surface area contributed by atoms with E-state index in [1.165, 1.54) is 30.7 Å². The van der Waals surface area contributed by atoms with E-state index < -0.39 is 11.2 Å². The molecular formula is C13H19N3O3S. The number of H-pyrrole nitrogens is 2. The lowest BCUT2D eigenvalue weighted by Crippen LogP contribution is -2.24. The van der Waals surface area contributed by atoms with Gasteiger partial charge in [-0.1, -0.05) is 44.4 Å². The predicted molar refractivity (Wildman–Crippen MR) is 78.9 cm³/mol. The summed E-state index contributed by atoms with van der Waals surface area (Å²) in [7, 11) is 0. The average Bonchev–Trinajstić information content (AvgIpc) is 2.41. The van der Waals surface area contributed by atoms with Gasteiger partial charge in [0.1, 0.15) is 0 Å². The maximum absolute atomic E-state index is 11.5. The van der Waals surface area contributed by atoms with E-state index in [1.54, 1.807) is 0 Å². The summed E-state index contributed by atoms with van der Waals surface area (Å²) in [5.41, 5.74) is -1.21. The van der Waals surface area contributed by atoms with Crippen LogP contribution in [0.25, 0.3) is 0 Å². The van der Waals surface area contributed by atoms with Crippen molar-refractivity contribution in [3.8, 4) is 0 Å². The second kappa shape index (κ2) is 9.30. The van der Waals surface area contributed by atoms with Gasteiger partial charge in [0.2, 0.25) is 0 Å². The first kappa shape index (κ1) is 16.4. The Hall–Kier alpha value is -1.63. The van der Waals surface area contributed by atoms with Gasteiger partial charge in [-0.3, -0.25) is 14.6 Å². The highest BCUT2D eigenvalue weighted by Crippen LogP contribution is 2.11. The Morgan fingerprint density at radius 2 is 2.00 bits per heavy atom. The Bertz CT molecular complexity index is 562. The third-order valence-electron chi connectivity index (χ3n) is 2.64. The molecule has 0 amide bonds. The molecule has 0 saturated heterocycles. The van der Waals surface area contributed by atoms with Gasteiger partial charge >= 0.3 is 5.69 Å². The van der Waals surface area contributed by atoms with Crippen LogP contribution in [0, 0.1) is 0 Å². The van der Waals surface area contributed by atoms with Gasteiger partial charge in [-0.15, -0.1) is 0 Å². The van der Waals surface area contributed by atoms with E-state index in [0.29, 0.717) is 6.42 Å². The minimum Gasteiger partial charge on any atom is -0.295 e. The van der Waals surface area contributed by atoms with Crippen LogP contribution in [0.5, 0.6) is 0 Å². The maximum Gasteiger partial charge on any atom is 0.342 e. The van der Waals surface area contributed by atoms with Crippen molar-refractivity contribution in [2.45, 2.75) is 50.5 Å². The first-order valence-corrected chi connectivity index (χ1v) is 7.56. The molecule has 0 aliphatic heterocycles. The Labute approximate surface area is 121 Å². The fourth-order valence-electron chi connectivity index (χ4n) is 1.58. The molecule has 7 heteroatoms. The predicted octanol–water partition coefficient (Wildman–Crippen LogP) is 1.99. The highest BCUT2D eigenvalue weighted by Gasteiger charge is 2.01. The normalized spacial score (nSPS) is 11.1. The minimum atomic E-state index is -0.647. The summed E-state index contributed by atoms with van der Waals surface area (Å²) in [5, 5.41) is 7.35. The number of rotatable bonds is 9.